The number of carbonyl (C=O) groups is 2. The molecule has 0 aromatic rings. The summed E-state index contributed by atoms with van der Waals surface area (Å²) in [5.41, 5.74) is 0. The minimum atomic E-state index is -0.960. The van der Waals surface area contributed by atoms with Crippen molar-refractivity contribution in [2.75, 3.05) is 19.1 Å². The van der Waals surface area contributed by atoms with E-state index in [0.29, 0.717) is 6.42 Å². The molecule has 0 bridgehead atoms. The van der Waals surface area contributed by atoms with Crippen LogP contribution in [-0.4, -0.2) is 53.1 Å². The molecule has 0 heterocycles. The molecule has 116 valence electrons. The lowest BCUT2D eigenvalue weighted by Crippen LogP contribution is -2.50. The summed E-state index contributed by atoms with van der Waals surface area (Å²) in [6.07, 6.45) is 6.67. The molecule has 2 N–H and O–H groups in total. The van der Waals surface area contributed by atoms with Crippen LogP contribution >= 0.6 is 11.8 Å². The normalized spacial score (nSPS) is 23.9. The molecule has 0 aromatic carbocycles. The van der Waals surface area contributed by atoms with E-state index in [2.05, 4.69) is 12.2 Å². The van der Waals surface area contributed by atoms with E-state index in [4.69, 9.17) is 5.11 Å². The number of hydrogen-bond acceptors (Lipinski definition) is 3. The van der Waals surface area contributed by atoms with Gasteiger partial charge in [0.25, 0.3) is 0 Å². The molecule has 1 fully saturated rings. The summed E-state index contributed by atoms with van der Waals surface area (Å²) in [5, 5.41) is 11.8. The number of hydrogen-bond donors (Lipinski definition) is 2. The maximum Gasteiger partial charge on any atom is 0.326 e. The average Bonchev–Trinajstić information content (AvgIpc) is 2.42. The third-order valence-electron chi connectivity index (χ3n) is 4.06. The average molecular weight is 302 g/mol. The van der Waals surface area contributed by atoms with Gasteiger partial charge in [-0.25, -0.2) is 9.59 Å². The number of urea groups is 1. The highest BCUT2D eigenvalue weighted by molar-refractivity contribution is 7.98. The number of nitrogens with one attached hydrogen (secondary N) is 1. The number of thioether (sulfide) groups is 1. The molecule has 1 rings (SSSR count). The Morgan fingerprint density at radius 2 is 1.95 bits per heavy atom. The molecule has 0 unspecified atom stereocenters. The van der Waals surface area contributed by atoms with E-state index in [1.54, 1.807) is 23.7 Å². The quantitative estimate of drug-likeness (QED) is 0.790. The van der Waals surface area contributed by atoms with Gasteiger partial charge in [0.05, 0.1) is 0 Å². The van der Waals surface area contributed by atoms with Gasteiger partial charge in [0.1, 0.15) is 6.04 Å². The maximum atomic E-state index is 12.1. The van der Waals surface area contributed by atoms with Crippen LogP contribution in [0.3, 0.4) is 0 Å². The summed E-state index contributed by atoms with van der Waals surface area (Å²) in [6, 6.07) is -0.820. The maximum absolute atomic E-state index is 12.1. The van der Waals surface area contributed by atoms with Gasteiger partial charge in [0.15, 0.2) is 0 Å². The minimum absolute atomic E-state index is 0.237. The standard InChI is InChI=1S/C14H26N2O3S/c1-10-4-6-11(7-5-10)16(2)14(19)15-12(13(17)18)8-9-20-3/h10-12H,4-9H2,1-3H3,(H,15,19)(H,17,18)/t10?,11?,12-/m0/s1. The van der Waals surface area contributed by atoms with E-state index in [1.165, 1.54) is 0 Å². The Bertz CT molecular complexity index is 330. The van der Waals surface area contributed by atoms with Crippen LogP contribution in [0.15, 0.2) is 0 Å². The zero-order chi connectivity index (χ0) is 15.1. The highest BCUT2D eigenvalue weighted by Crippen LogP contribution is 2.26. The lowest BCUT2D eigenvalue weighted by atomic mass is 9.87. The molecule has 6 heteroatoms. The lowest BCUT2D eigenvalue weighted by molar-refractivity contribution is -0.139. The van der Waals surface area contributed by atoms with E-state index < -0.39 is 12.0 Å². The van der Waals surface area contributed by atoms with Gasteiger partial charge >= 0.3 is 12.0 Å². The Balaban J connectivity index is 2.48. The minimum Gasteiger partial charge on any atom is -0.480 e. The zero-order valence-corrected chi connectivity index (χ0v) is 13.4. The summed E-state index contributed by atoms with van der Waals surface area (Å²) in [4.78, 5) is 25.0. The van der Waals surface area contributed by atoms with Crippen molar-refractivity contribution >= 4 is 23.8 Å². The smallest absolute Gasteiger partial charge is 0.326 e. The van der Waals surface area contributed by atoms with Crippen LogP contribution in [0.1, 0.15) is 39.0 Å². The van der Waals surface area contributed by atoms with Crippen molar-refractivity contribution in [3.05, 3.63) is 0 Å². The second-order valence-corrected chi connectivity index (χ2v) is 6.63. The first-order valence-electron chi connectivity index (χ1n) is 7.20. The molecule has 0 aromatic heterocycles. The number of carboxylic acid groups (broad SMARTS) is 1. The topological polar surface area (TPSA) is 69.6 Å². The second kappa shape index (κ2) is 8.39. The highest BCUT2D eigenvalue weighted by Gasteiger charge is 2.27. The first-order chi connectivity index (χ1) is 9.45. The molecule has 0 aliphatic heterocycles. The van der Waals surface area contributed by atoms with Gasteiger partial charge in [-0.1, -0.05) is 6.92 Å². The van der Waals surface area contributed by atoms with Crippen LogP contribution in [0.5, 0.6) is 0 Å². The molecule has 1 saturated carbocycles. The molecule has 2 amide bonds. The van der Waals surface area contributed by atoms with Gasteiger partial charge in [-0.3, -0.25) is 0 Å². The Morgan fingerprint density at radius 1 is 1.35 bits per heavy atom. The fourth-order valence-electron chi connectivity index (χ4n) is 2.54. The summed E-state index contributed by atoms with van der Waals surface area (Å²) in [7, 11) is 1.77. The number of amides is 2. The van der Waals surface area contributed by atoms with Crippen molar-refractivity contribution in [3.63, 3.8) is 0 Å². The molecule has 20 heavy (non-hydrogen) atoms. The van der Waals surface area contributed by atoms with Crippen molar-refractivity contribution in [2.45, 2.75) is 51.1 Å². The second-order valence-electron chi connectivity index (χ2n) is 5.65. The molecule has 0 radical (unpaired) electrons. The third-order valence-corrected chi connectivity index (χ3v) is 4.70. The molecule has 1 aliphatic rings. The summed E-state index contributed by atoms with van der Waals surface area (Å²) in [5.74, 6) is 0.496. The van der Waals surface area contributed by atoms with E-state index in [0.717, 1.165) is 37.4 Å². The third kappa shape index (κ3) is 5.23. The lowest BCUT2D eigenvalue weighted by Gasteiger charge is -2.34. The molecule has 0 saturated heterocycles. The van der Waals surface area contributed by atoms with Gasteiger partial charge in [-0.15, -0.1) is 0 Å². The number of aliphatic carboxylic acids is 1. The van der Waals surface area contributed by atoms with Crippen molar-refractivity contribution in [3.8, 4) is 0 Å². The van der Waals surface area contributed by atoms with Crippen molar-refractivity contribution in [2.24, 2.45) is 5.92 Å². The van der Waals surface area contributed by atoms with Crippen molar-refractivity contribution < 1.29 is 14.7 Å². The van der Waals surface area contributed by atoms with Gasteiger partial charge in [-0.05, 0) is 50.0 Å². The molecule has 1 atom stereocenters. The SMILES string of the molecule is CSCC[C@H](NC(=O)N(C)C1CCC(C)CC1)C(=O)O. The van der Waals surface area contributed by atoms with Crippen LogP contribution < -0.4 is 5.32 Å². The fourth-order valence-corrected chi connectivity index (χ4v) is 3.01. The van der Waals surface area contributed by atoms with Gasteiger partial charge in [0, 0.05) is 13.1 Å². The molecule has 0 spiro atoms. The van der Waals surface area contributed by atoms with E-state index in [-0.39, 0.29) is 12.1 Å². The van der Waals surface area contributed by atoms with Crippen molar-refractivity contribution in [1.29, 1.82) is 0 Å². The summed E-state index contributed by atoms with van der Waals surface area (Å²) in [6.45, 7) is 2.24. The van der Waals surface area contributed by atoms with Gasteiger partial charge < -0.3 is 15.3 Å². The first kappa shape index (κ1) is 17.1. The Morgan fingerprint density at radius 3 is 2.45 bits per heavy atom. The fraction of sp³-hybridized carbons (Fsp3) is 0.857. The van der Waals surface area contributed by atoms with Crippen LogP contribution in [-0.2, 0) is 4.79 Å². The Kier molecular flexibility index (Phi) is 7.19. The number of nitrogens with zero attached hydrogens (tertiary/aromatic N) is 1. The molecule has 5 nitrogen and oxygen atoms in total. The predicted octanol–water partition coefficient (Wildman–Crippen LogP) is 2.41. The molecular formula is C14H26N2O3S. The monoisotopic (exact) mass is 302 g/mol. The number of carboxylic acids is 1. The van der Waals surface area contributed by atoms with Crippen LogP contribution in [0.2, 0.25) is 0 Å². The van der Waals surface area contributed by atoms with Crippen LogP contribution in [0, 0.1) is 5.92 Å². The Labute approximate surface area is 125 Å². The highest BCUT2D eigenvalue weighted by atomic mass is 32.2. The van der Waals surface area contributed by atoms with Crippen molar-refractivity contribution in [1.82, 2.24) is 10.2 Å². The van der Waals surface area contributed by atoms with Crippen LogP contribution in [0.25, 0.3) is 0 Å². The number of rotatable bonds is 6. The summed E-state index contributed by atoms with van der Waals surface area (Å²) < 4.78 is 0. The van der Waals surface area contributed by atoms with E-state index >= 15 is 0 Å². The summed E-state index contributed by atoms with van der Waals surface area (Å²) >= 11 is 1.58. The van der Waals surface area contributed by atoms with E-state index in [1.807, 2.05) is 6.26 Å². The number of carbonyl (C=O) groups excluding carboxylic acids is 1. The van der Waals surface area contributed by atoms with Gasteiger partial charge in [-0.2, -0.15) is 11.8 Å². The van der Waals surface area contributed by atoms with Gasteiger partial charge in [0.2, 0.25) is 0 Å². The predicted molar refractivity (Wildman–Crippen MR) is 82.1 cm³/mol. The largest absolute Gasteiger partial charge is 0.480 e. The Hall–Kier alpha value is -0.910. The molecular weight excluding hydrogens is 276 g/mol. The zero-order valence-electron chi connectivity index (χ0n) is 12.6. The first-order valence-corrected chi connectivity index (χ1v) is 8.60. The van der Waals surface area contributed by atoms with Crippen LogP contribution in [0.4, 0.5) is 4.79 Å². The van der Waals surface area contributed by atoms with E-state index in [9.17, 15) is 9.59 Å². The molecule has 1 aliphatic carbocycles.